The summed E-state index contributed by atoms with van der Waals surface area (Å²) in [5, 5.41) is 18.6. The SMILES string of the molecule is Cc1cc(C(=O)NC(C)C(=O)O)c2[nH]ncc2c1. The van der Waals surface area contributed by atoms with Crippen LogP contribution in [0, 0.1) is 6.92 Å². The molecule has 0 saturated heterocycles. The van der Waals surface area contributed by atoms with Gasteiger partial charge in [0.2, 0.25) is 0 Å². The molecule has 3 N–H and O–H groups in total. The number of fused-ring (bicyclic) bond motifs is 1. The fraction of sp³-hybridized carbons (Fsp3) is 0.250. The zero-order valence-electron chi connectivity index (χ0n) is 10.0. The molecule has 94 valence electrons. The van der Waals surface area contributed by atoms with Gasteiger partial charge in [0.05, 0.1) is 17.3 Å². The van der Waals surface area contributed by atoms with Gasteiger partial charge in [0.1, 0.15) is 6.04 Å². The van der Waals surface area contributed by atoms with Crippen LogP contribution < -0.4 is 5.32 Å². The van der Waals surface area contributed by atoms with Gasteiger partial charge in [-0.1, -0.05) is 0 Å². The molecular weight excluding hydrogens is 234 g/mol. The van der Waals surface area contributed by atoms with Crippen molar-refractivity contribution >= 4 is 22.8 Å². The van der Waals surface area contributed by atoms with Gasteiger partial charge in [-0.3, -0.25) is 14.7 Å². The highest BCUT2D eigenvalue weighted by molar-refractivity contribution is 6.06. The van der Waals surface area contributed by atoms with Crippen molar-refractivity contribution in [2.75, 3.05) is 0 Å². The summed E-state index contributed by atoms with van der Waals surface area (Å²) >= 11 is 0. The normalized spacial score (nSPS) is 12.3. The van der Waals surface area contributed by atoms with E-state index in [9.17, 15) is 9.59 Å². The van der Waals surface area contributed by atoms with Crippen molar-refractivity contribution in [2.45, 2.75) is 19.9 Å². The Morgan fingerprint density at radius 1 is 1.44 bits per heavy atom. The predicted molar refractivity (Wildman–Crippen MR) is 65.4 cm³/mol. The number of carboxylic acids is 1. The zero-order chi connectivity index (χ0) is 13.3. The van der Waals surface area contributed by atoms with Crippen molar-refractivity contribution in [1.82, 2.24) is 15.5 Å². The molecule has 1 aromatic heterocycles. The molecule has 1 heterocycles. The Bertz CT molecular complexity index is 618. The van der Waals surface area contributed by atoms with Gasteiger partial charge in [-0.25, -0.2) is 0 Å². The minimum absolute atomic E-state index is 0.399. The van der Waals surface area contributed by atoms with Crippen LogP contribution in [0.1, 0.15) is 22.8 Å². The fourth-order valence-corrected chi connectivity index (χ4v) is 1.72. The number of amides is 1. The lowest BCUT2D eigenvalue weighted by Crippen LogP contribution is -2.38. The third-order valence-corrected chi connectivity index (χ3v) is 2.66. The number of rotatable bonds is 3. The number of aliphatic carboxylic acids is 1. The van der Waals surface area contributed by atoms with Gasteiger partial charge < -0.3 is 10.4 Å². The lowest BCUT2D eigenvalue weighted by molar-refractivity contribution is -0.138. The number of nitrogens with zero attached hydrogens (tertiary/aromatic N) is 1. The molecule has 1 amide bonds. The smallest absolute Gasteiger partial charge is 0.325 e. The second-order valence-corrected chi connectivity index (χ2v) is 4.18. The molecule has 0 bridgehead atoms. The Kier molecular flexibility index (Phi) is 3.01. The maximum atomic E-state index is 12.0. The molecule has 1 unspecified atom stereocenters. The second kappa shape index (κ2) is 4.48. The first-order valence-electron chi connectivity index (χ1n) is 5.46. The number of nitrogens with one attached hydrogen (secondary N) is 2. The third-order valence-electron chi connectivity index (χ3n) is 2.66. The van der Waals surface area contributed by atoms with Crippen LogP contribution in [0.2, 0.25) is 0 Å². The molecule has 2 rings (SSSR count). The van der Waals surface area contributed by atoms with E-state index < -0.39 is 17.9 Å². The number of aromatic nitrogens is 2. The van der Waals surface area contributed by atoms with E-state index in [1.54, 1.807) is 12.3 Å². The molecule has 0 saturated carbocycles. The van der Waals surface area contributed by atoms with Crippen LogP contribution in [0.15, 0.2) is 18.3 Å². The van der Waals surface area contributed by atoms with Crippen LogP contribution in [-0.4, -0.2) is 33.2 Å². The van der Waals surface area contributed by atoms with Crippen LogP contribution in [0.25, 0.3) is 10.9 Å². The lowest BCUT2D eigenvalue weighted by atomic mass is 10.1. The quantitative estimate of drug-likeness (QED) is 0.756. The number of aromatic amines is 1. The molecule has 1 aromatic carbocycles. The Balaban J connectivity index is 2.38. The van der Waals surface area contributed by atoms with Gasteiger partial charge in [0.25, 0.3) is 5.91 Å². The molecule has 6 nitrogen and oxygen atoms in total. The van der Waals surface area contributed by atoms with Crippen LogP contribution in [-0.2, 0) is 4.79 Å². The number of carboxylic acid groups (broad SMARTS) is 1. The van der Waals surface area contributed by atoms with Gasteiger partial charge in [0.15, 0.2) is 0 Å². The van der Waals surface area contributed by atoms with Crippen molar-refractivity contribution in [3.05, 3.63) is 29.5 Å². The standard InChI is InChI=1S/C12H13N3O3/c1-6-3-8-5-13-15-10(8)9(4-6)11(16)14-7(2)12(17)18/h3-5,7H,1-2H3,(H,13,15)(H,14,16)(H,17,18). The number of hydrogen-bond acceptors (Lipinski definition) is 3. The first kappa shape index (κ1) is 12.1. The largest absolute Gasteiger partial charge is 0.480 e. The molecule has 0 aliphatic rings. The summed E-state index contributed by atoms with van der Waals surface area (Å²) in [7, 11) is 0. The summed E-state index contributed by atoms with van der Waals surface area (Å²) in [6, 6.07) is 2.66. The molecule has 0 aliphatic carbocycles. The molecule has 18 heavy (non-hydrogen) atoms. The zero-order valence-corrected chi connectivity index (χ0v) is 10.0. The van der Waals surface area contributed by atoms with Gasteiger partial charge >= 0.3 is 5.97 Å². The van der Waals surface area contributed by atoms with Gasteiger partial charge in [-0.05, 0) is 31.5 Å². The topological polar surface area (TPSA) is 95.1 Å². The monoisotopic (exact) mass is 247 g/mol. The Morgan fingerprint density at radius 2 is 2.17 bits per heavy atom. The van der Waals surface area contributed by atoms with E-state index >= 15 is 0 Å². The minimum atomic E-state index is -1.07. The van der Waals surface area contributed by atoms with Crippen molar-refractivity contribution in [1.29, 1.82) is 0 Å². The molecule has 0 radical (unpaired) electrons. The van der Waals surface area contributed by atoms with Crippen molar-refractivity contribution in [3.63, 3.8) is 0 Å². The van der Waals surface area contributed by atoms with E-state index in [1.807, 2.05) is 13.0 Å². The van der Waals surface area contributed by atoms with Crippen molar-refractivity contribution in [3.8, 4) is 0 Å². The van der Waals surface area contributed by atoms with Crippen LogP contribution in [0.3, 0.4) is 0 Å². The first-order chi connectivity index (χ1) is 8.49. The predicted octanol–water partition coefficient (Wildman–Crippen LogP) is 1.07. The molecule has 0 fully saturated rings. The maximum absolute atomic E-state index is 12.0. The third kappa shape index (κ3) is 2.17. The van der Waals surface area contributed by atoms with Crippen molar-refractivity contribution in [2.24, 2.45) is 0 Å². The highest BCUT2D eigenvalue weighted by Crippen LogP contribution is 2.18. The Hall–Kier alpha value is -2.37. The van der Waals surface area contributed by atoms with Gasteiger partial charge in [-0.15, -0.1) is 0 Å². The molecule has 2 aromatic rings. The Labute approximate surface area is 103 Å². The molecule has 0 aliphatic heterocycles. The van der Waals surface area contributed by atoms with E-state index in [0.717, 1.165) is 10.9 Å². The molecule has 1 atom stereocenters. The number of benzene rings is 1. The number of aryl methyl sites for hydroxylation is 1. The number of H-pyrrole nitrogens is 1. The highest BCUT2D eigenvalue weighted by atomic mass is 16.4. The van der Waals surface area contributed by atoms with E-state index in [4.69, 9.17) is 5.11 Å². The van der Waals surface area contributed by atoms with Crippen molar-refractivity contribution < 1.29 is 14.7 Å². The number of carbonyl (C=O) groups is 2. The Morgan fingerprint density at radius 3 is 2.83 bits per heavy atom. The summed E-state index contributed by atoms with van der Waals surface area (Å²) in [6.07, 6.45) is 1.62. The summed E-state index contributed by atoms with van der Waals surface area (Å²) in [4.78, 5) is 22.7. The van der Waals surface area contributed by atoms with Gasteiger partial charge in [-0.2, -0.15) is 5.10 Å². The fourth-order valence-electron chi connectivity index (χ4n) is 1.72. The summed E-state index contributed by atoms with van der Waals surface area (Å²) in [5.74, 6) is -1.50. The van der Waals surface area contributed by atoms with E-state index in [2.05, 4.69) is 15.5 Å². The van der Waals surface area contributed by atoms with E-state index in [1.165, 1.54) is 6.92 Å². The number of carbonyl (C=O) groups excluding carboxylic acids is 1. The highest BCUT2D eigenvalue weighted by Gasteiger charge is 2.18. The summed E-state index contributed by atoms with van der Waals surface area (Å²) in [5.41, 5.74) is 1.92. The molecular formula is C12H13N3O3. The molecule has 6 heteroatoms. The summed E-state index contributed by atoms with van der Waals surface area (Å²) in [6.45, 7) is 3.28. The maximum Gasteiger partial charge on any atom is 0.325 e. The first-order valence-corrected chi connectivity index (χ1v) is 5.46. The van der Waals surface area contributed by atoms with Crippen LogP contribution >= 0.6 is 0 Å². The second-order valence-electron chi connectivity index (χ2n) is 4.18. The average Bonchev–Trinajstić information content (AvgIpc) is 2.75. The summed E-state index contributed by atoms with van der Waals surface area (Å²) < 4.78 is 0. The van der Waals surface area contributed by atoms with E-state index in [-0.39, 0.29) is 0 Å². The number of hydrogen-bond donors (Lipinski definition) is 3. The van der Waals surface area contributed by atoms with Gasteiger partial charge in [0, 0.05) is 5.39 Å². The minimum Gasteiger partial charge on any atom is -0.480 e. The van der Waals surface area contributed by atoms with E-state index in [0.29, 0.717) is 11.1 Å². The van der Waals surface area contributed by atoms with Crippen LogP contribution in [0.5, 0.6) is 0 Å². The lowest BCUT2D eigenvalue weighted by Gasteiger charge is -2.10. The molecule has 0 spiro atoms. The average molecular weight is 247 g/mol. The van der Waals surface area contributed by atoms with Crippen LogP contribution in [0.4, 0.5) is 0 Å².